The Morgan fingerprint density at radius 1 is 1.35 bits per heavy atom. The van der Waals surface area contributed by atoms with E-state index >= 15 is 0 Å². The number of aromatic nitrogens is 2. The molecule has 0 aliphatic rings. The number of benzene rings is 1. The molecule has 0 unspecified atom stereocenters. The van der Waals surface area contributed by atoms with Crippen molar-refractivity contribution in [3.8, 4) is 5.88 Å². The summed E-state index contributed by atoms with van der Waals surface area (Å²) in [6, 6.07) is 2.74. The number of aryl methyl sites for hydroxylation is 1. The first-order valence-electron chi connectivity index (χ1n) is 4.84. The van der Waals surface area contributed by atoms with Crippen LogP contribution in [-0.2, 0) is 0 Å². The van der Waals surface area contributed by atoms with Gasteiger partial charge in [-0.3, -0.25) is 4.79 Å². The number of nitrogens with zero attached hydrogens (tertiary/aromatic N) is 2. The molecular formula is C11H10FN3O2. The summed E-state index contributed by atoms with van der Waals surface area (Å²) in [5, 5.41) is 0. The van der Waals surface area contributed by atoms with Crippen molar-refractivity contribution in [3.63, 3.8) is 0 Å². The maximum Gasteiger partial charge on any atom is 0.272 e. The molecule has 5 nitrogen and oxygen atoms in total. The van der Waals surface area contributed by atoms with Gasteiger partial charge in [-0.05, 0) is 18.6 Å². The molecule has 0 aliphatic carbocycles. The van der Waals surface area contributed by atoms with E-state index in [2.05, 4.69) is 9.97 Å². The highest BCUT2D eigenvalue weighted by Gasteiger charge is 2.15. The smallest absolute Gasteiger partial charge is 0.272 e. The molecule has 1 aromatic carbocycles. The zero-order valence-electron chi connectivity index (χ0n) is 9.32. The molecule has 2 N–H and O–H groups in total. The summed E-state index contributed by atoms with van der Waals surface area (Å²) in [5.74, 6) is -1.14. The number of carbonyl (C=O) groups excluding carboxylic acids is 1. The van der Waals surface area contributed by atoms with Crippen molar-refractivity contribution in [1.29, 1.82) is 0 Å². The highest BCUT2D eigenvalue weighted by Crippen LogP contribution is 2.21. The van der Waals surface area contributed by atoms with Crippen LogP contribution < -0.4 is 10.5 Å². The lowest BCUT2D eigenvalue weighted by Crippen LogP contribution is -2.15. The zero-order chi connectivity index (χ0) is 12.6. The highest BCUT2D eigenvalue weighted by molar-refractivity contribution is 5.95. The molecule has 0 saturated carbocycles. The number of carbonyl (C=O) groups is 1. The van der Waals surface area contributed by atoms with Gasteiger partial charge in [0.25, 0.3) is 5.91 Å². The minimum absolute atomic E-state index is 0.0380. The fourth-order valence-corrected chi connectivity index (χ4v) is 1.47. The Balaban J connectivity index is 2.78. The monoisotopic (exact) mass is 235 g/mol. The van der Waals surface area contributed by atoms with E-state index in [1.54, 1.807) is 6.92 Å². The van der Waals surface area contributed by atoms with Crippen LogP contribution in [0.1, 0.15) is 16.1 Å². The number of hydrogen-bond acceptors (Lipinski definition) is 4. The van der Waals surface area contributed by atoms with Crippen LogP contribution in [0.25, 0.3) is 11.0 Å². The Morgan fingerprint density at radius 3 is 2.59 bits per heavy atom. The third-order valence-electron chi connectivity index (χ3n) is 2.34. The molecular weight excluding hydrogens is 225 g/mol. The standard InChI is InChI=1S/C11H10FN3O2/c1-5-3-7-8(4-6(5)12)14-9(10(13)16)11(15-7)17-2/h3-4H,1-2H3,(H2,13,16). The molecule has 0 fully saturated rings. The van der Waals surface area contributed by atoms with Crippen LogP contribution in [-0.4, -0.2) is 23.0 Å². The number of ether oxygens (including phenoxy) is 1. The summed E-state index contributed by atoms with van der Waals surface area (Å²) in [5.41, 5.74) is 6.19. The first-order chi connectivity index (χ1) is 8.02. The van der Waals surface area contributed by atoms with Crippen molar-refractivity contribution in [2.24, 2.45) is 5.73 Å². The first kappa shape index (κ1) is 11.3. The fourth-order valence-electron chi connectivity index (χ4n) is 1.47. The molecule has 0 aliphatic heterocycles. The summed E-state index contributed by atoms with van der Waals surface area (Å²) >= 11 is 0. The Labute approximate surface area is 96.4 Å². The quantitative estimate of drug-likeness (QED) is 0.847. The maximum atomic E-state index is 13.3. The molecule has 1 aromatic heterocycles. The van der Waals surface area contributed by atoms with E-state index in [1.165, 1.54) is 19.2 Å². The van der Waals surface area contributed by atoms with E-state index < -0.39 is 11.7 Å². The molecule has 6 heteroatoms. The molecule has 0 spiro atoms. The van der Waals surface area contributed by atoms with Crippen molar-refractivity contribution in [1.82, 2.24) is 9.97 Å². The molecule has 0 bridgehead atoms. The summed E-state index contributed by atoms with van der Waals surface area (Å²) in [6.45, 7) is 1.62. The lowest BCUT2D eigenvalue weighted by molar-refractivity contribution is 0.0992. The number of primary amides is 1. The van der Waals surface area contributed by atoms with Crippen LogP contribution in [0.15, 0.2) is 12.1 Å². The van der Waals surface area contributed by atoms with Crippen molar-refractivity contribution >= 4 is 16.9 Å². The number of fused-ring (bicyclic) bond motifs is 1. The van der Waals surface area contributed by atoms with E-state index in [9.17, 15) is 9.18 Å². The van der Waals surface area contributed by atoms with Gasteiger partial charge in [-0.15, -0.1) is 0 Å². The van der Waals surface area contributed by atoms with Crippen molar-refractivity contribution < 1.29 is 13.9 Å². The predicted octanol–water partition coefficient (Wildman–Crippen LogP) is 1.18. The lowest BCUT2D eigenvalue weighted by Gasteiger charge is -2.06. The van der Waals surface area contributed by atoms with E-state index in [4.69, 9.17) is 10.5 Å². The lowest BCUT2D eigenvalue weighted by atomic mass is 10.2. The molecule has 0 atom stereocenters. The van der Waals surface area contributed by atoms with Gasteiger partial charge in [-0.2, -0.15) is 0 Å². The maximum absolute atomic E-state index is 13.3. The summed E-state index contributed by atoms with van der Waals surface area (Å²) in [7, 11) is 1.36. The molecule has 2 aromatic rings. The molecule has 1 heterocycles. The third kappa shape index (κ3) is 1.89. The molecule has 17 heavy (non-hydrogen) atoms. The normalized spacial score (nSPS) is 10.5. The number of methoxy groups -OCH3 is 1. The van der Waals surface area contributed by atoms with Crippen molar-refractivity contribution in [3.05, 3.63) is 29.2 Å². The Morgan fingerprint density at radius 2 is 2.00 bits per heavy atom. The average Bonchev–Trinajstić information content (AvgIpc) is 2.29. The molecule has 1 amide bonds. The second-order valence-corrected chi connectivity index (χ2v) is 3.54. The first-order valence-corrected chi connectivity index (χ1v) is 4.84. The average molecular weight is 235 g/mol. The Kier molecular flexibility index (Phi) is 2.63. The zero-order valence-corrected chi connectivity index (χ0v) is 9.32. The van der Waals surface area contributed by atoms with Crippen LogP contribution in [0.3, 0.4) is 0 Å². The van der Waals surface area contributed by atoms with Crippen LogP contribution in [0, 0.1) is 12.7 Å². The second-order valence-electron chi connectivity index (χ2n) is 3.54. The number of hydrogen-bond donors (Lipinski definition) is 1. The van der Waals surface area contributed by atoms with Crippen LogP contribution in [0.2, 0.25) is 0 Å². The van der Waals surface area contributed by atoms with Gasteiger partial charge in [0.15, 0.2) is 5.69 Å². The largest absolute Gasteiger partial charge is 0.479 e. The van der Waals surface area contributed by atoms with E-state index in [0.717, 1.165) is 0 Å². The topological polar surface area (TPSA) is 78.1 Å². The molecule has 0 saturated heterocycles. The third-order valence-corrected chi connectivity index (χ3v) is 2.34. The van der Waals surface area contributed by atoms with Crippen molar-refractivity contribution in [2.45, 2.75) is 6.92 Å². The predicted molar refractivity (Wildman–Crippen MR) is 59.3 cm³/mol. The fraction of sp³-hybridized carbons (Fsp3) is 0.182. The molecule has 0 radical (unpaired) electrons. The van der Waals surface area contributed by atoms with E-state index in [-0.39, 0.29) is 17.1 Å². The SMILES string of the molecule is COc1nc2cc(C)c(F)cc2nc1C(N)=O. The number of nitrogens with two attached hydrogens (primary N) is 1. The van der Waals surface area contributed by atoms with Gasteiger partial charge in [0, 0.05) is 6.07 Å². The van der Waals surface area contributed by atoms with Crippen LogP contribution in [0.5, 0.6) is 5.88 Å². The Hall–Kier alpha value is -2.24. The van der Waals surface area contributed by atoms with Gasteiger partial charge in [0.2, 0.25) is 5.88 Å². The van der Waals surface area contributed by atoms with Gasteiger partial charge in [-0.1, -0.05) is 0 Å². The summed E-state index contributed by atoms with van der Waals surface area (Å²) in [4.78, 5) is 19.1. The van der Waals surface area contributed by atoms with Gasteiger partial charge in [-0.25, -0.2) is 14.4 Å². The molecule has 88 valence electrons. The Bertz CT molecular complexity index is 613. The summed E-state index contributed by atoms with van der Waals surface area (Å²) in [6.07, 6.45) is 0. The van der Waals surface area contributed by atoms with Crippen LogP contribution in [0.4, 0.5) is 4.39 Å². The van der Waals surface area contributed by atoms with Gasteiger partial charge in [0.05, 0.1) is 18.1 Å². The molecule has 2 rings (SSSR count). The highest BCUT2D eigenvalue weighted by atomic mass is 19.1. The van der Waals surface area contributed by atoms with Crippen LogP contribution >= 0.6 is 0 Å². The van der Waals surface area contributed by atoms with Gasteiger partial charge >= 0.3 is 0 Å². The number of halogens is 1. The van der Waals surface area contributed by atoms with E-state index in [1.807, 2.05) is 0 Å². The van der Waals surface area contributed by atoms with Gasteiger partial charge < -0.3 is 10.5 Å². The van der Waals surface area contributed by atoms with Gasteiger partial charge in [0.1, 0.15) is 5.82 Å². The van der Waals surface area contributed by atoms with Crippen molar-refractivity contribution in [2.75, 3.05) is 7.11 Å². The second kappa shape index (κ2) is 3.97. The minimum atomic E-state index is -0.766. The number of rotatable bonds is 2. The minimum Gasteiger partial charge on any atom is -0.479 e. The van der Waals surface area contributed by atoms with E-state index in [0.29, 0.717) is 11.1 Å². The number of amides is 1. The summed E-state index contributed by atoms with van der Waals surface area (Å²) < 4.78 is 18.3.